The van der Waals surface area contributed by atoms with Crippen LogP contribution < -0.4 is 4.90 Å². The lowest BCUT2D eigenvalue weighted by Gasteiger charge is -2.32. The van der Waals surface area contributed by atoms with Crippen molar-refractivity contribution in [3.05, 3.63) is 234 Å². The van der Waals surface area contributed by atoms with Gasteiger partial charge in [-0.05, 0) is 121 Å². The molecule has 1 aromatic heterocycles. The summed E-state index contributed by atoms with van der Waals surface area (Å²) in [7, 11) is 0. The highest BCUT2D eigenvalue weighted by Crippen LogP contribution is 2.64. The molecule has 0 bridgehead atoms. The average Bonchev–Trinajstić information content (AvgIpc) is 3.91. The predicted molar refractivity (Wildman–Crippen MR) is 241 cm³/mol. The molecule has 0 radical (unpaired) electrons. The Hall–Kier alpha value is -7.13. The van der Waals surface area contributed by atoms with Gasteiger partial charge < -0.3 is 9.32 Å². The van der Waals surface area contributed by atoms with Crippen molar-refractivity contribution in [3.63, 3.8) is 0 Å². The van der Waals surface area contributed by atoms with E-state index in [1.165, 1.54) is 50.1 Å². The van der Waals surface area contributed by atoms with Crippen molar-refractivity contribution in [1.82, 2.24) is 0 Å². The first kappa shape index (κ1) is 33.1. The molecule has 0 aliphatic heterocycles. The summed E-state index contributed by atoms with van der Waals surface area (Å²) in [5.74, 6) is 0. The molecule has 3 heteroatoms. The van der Waals surface area contributed by atoms with Crippen LogP contribution in [0.25, 0.3) is 66.4 Å². The number of benzene rings is 9. The number of rotatable bonds is 5. The molecule has 0 N–H and O–H groups in total. The van der Waals surface area contributed by atoms with Crippen molar-refractivity contribution in [1.29, 1.82) is 0 Å². The number of fused-ring (bicyclic) bond motifs is 13. The second-order valence-corrected chi connectivity index (χ2v) is 15.8. The molecule has 58 heavy (non-hydrogen) atoms. The van der Waals surface area contributed by atoms with Gasteiger partial charge in [0.2, 0.25) is 0 Å². The third kappa shape index (κ3) is 4.73. The number of hydrogen-bond acceptors (Lipinski definition) is 2. The van der Waals surface area contributed by atoms with Crippen molar-refractivity contribution in [2.24, 2.45) is 0 Å². The smallest absolute Gasteiger partial charge is 0.136 e. The van der Waals surface area contributed by atoms with Crippen LogP contribution in [0.15, 0.2) is 211 Å². The molecule has 2 nitrogen and oxygen atoms in total. The zero-order chi connectivity index (χ0) is 38.4. The lowest BCUT2D eigenvalue weighted by molar-refractivity contribution is 0.669. The Bertz CT molecular complexity index is 3210. The zero-order valence-electron chi connectivity index (χ0n) is 31.4. The van der Waals surface area contributed by atoms with Gasteiger partial charge in [0.05, 0.1) is 16.1 Å². The predicted octanol–water partition coefficient (Wildman–Crippen LogP) is 15.4. The minimum atomic E-state index is -0.495. The summed E-state index contributed by atoms with van der Waals surface area (Å²) in [6.07, 6.45) is 0. The molecule has 12 rings (SSSR count). The Balaban J connectivity index is 1.08. The van der Waals surface area contributed by atoms with Gasteiger partial charge >= 0.3 is 0 Å². The highest BCUT2D eigenvalue weighted by atomic mass is 35.5. The molecule has 0 atom stereocenters. The molecule has 0 fully saturated rings. The summed E-state index contributed by atoms with van der Waals surface area (Å²) in [6, 6.07) is 74.2. The number of anilines is 3. The quantitative estimate of drug-likeness (QED) is 0.174. The molecule has 1 spiro atoms. The lowest BCUT2D eigenvalue weighted by Crippen LogP contribution is -2.26. The van der Waals surface area contributed by atoms with Gasteiger partial charge in [0, 0.05) is 22.1 Å². The van der Waals surface area contributed by atoms with Gasteiger partial charge in [-0.2, -0.15) is 0 Å². The standard InChI is InChI=1S/C55H34ClNO/c56-51-33-46-43-19-6-10-23-49(43)55(47-21-8-4-17-41(47)42-18-5-9-22-48(42)55)50(46)34-52(51)57(39-28-25-36(26-29-39)35-13-2-1-3-14-35)40-16-12-15-37(31-40)38-27-30-45-44-20-7-11-24-53(44)58-54(45)32-38/h1-34H. The number of hydrogen-bond donors (Lipinski definition) is 0. The largest absolute Gasteiger partial charge is 0.456 e. The Labute approximate surface area is 341 Å². The summed E-state index contributed by atoms with van der Waals surface area (Å²) in [5, 5.41) is 2.93. The van der Waals surface area contributed by atoms with E-state index in [2.05, 4.69) is 199 Å². The maximum absolute atomic E-state index is 7.60. The summed E-state index contributed by atoms with van der Waals surface area (Å²) in [6.45, 7) is 0. The van der Waals surface area contributed by atoms with Crippen LogP contribution in [0.5, 0.6) is 0 Å². The van der Waals surface area contributed by atoms with E-state index in [4.69, 9.17) is 16.0 Å². The van der Waals surface area contributed by atoms with Crippen LogP contribution in [-0.4, -0.2) is 0 Å². The van der Waals surface area contributed by atoms with Crippen molar-refractivity contribution < 1.29 is 4.42 Å². The van der Waals surface area contributed by atoms with Crippen LogP contribution in [0.2, 0.25) is 5.02 Å². The average molecular weight is 760 g/mol. The highest BCUT2D eigenvalue weighted by molar-refractivity contribution is 6.34. The van der Waals surface area contributed by atoms with Gasteiger partial charge in [-0.25, -0.2) is 0 Å². The summed E-state index contributed by atoms with van der Waals surface area (Å²) >= 11 is 7.60. The Morgan fingerprint density at radius 1 is 0.362 bits per heavy atom. The minimum absolute atomic E-state index is 0.495. The van der Waals surface area contributed by atoms with Crippen LogP contribution in [0.4, 0.5) is 17.1 Å². The van der Waals surface area contributed by atoms with Gasteiger partial charge in [0.1, 0.15) is 11.2 Å². The van der Waals surface area contributed by atoms with E-state index in [1.807, 2.05) is 12.1 Å². The van der Waals surface area contributed by atoms with E-state index in [1.54, 1.807) is 0 Å². The molecule has 0 saturated heterocycles. The fourth-order valence-electron chi connectivity index (χ4n) is 9.86. The van der Waals surface area contributed by atoms with Crippen LogP contribution in [0, 0.1) is 0 Å². The maximum atomic E-state index is 7.60. The number of furan rings is 1. The molecule has 272 valence electrons. The minimum Gasteiger partial charge on any atom is -0.456 e. The summed E-state index contributed by atoms with van der Waals surface area (Å²) in [5.41, 5.74) is 18.8. The highest BCUT2D eigenvalue weighted by Gasteiger charge is 2.52. The molecule has 0 saturated carbocycles. The molecule has 10 aromatic rings. The Morgan fingerprint density at radius 2 is 0.914 bits per heavy atom. The number of nitrogens with zero attached hydrogens (tertiary/aromatic N) is 1. The normalized spacial score (nSPS) is 13.1. The number of para-hydroxylation sites is 1. The van der Waals surface area contributed by atoms with Crippen molar-refractivity contribution >= 4 is 50.6 Å². The van der Waals surface area contributed by atoms with Crippen LogP contribution in [0.1, 0.15) is 22.3 Å². The van der Waals surface area contributed by atoms with Gasteiger partial charge in [-0.1, -0.05) is 163 Å². The second-order valence-electron chi connectivity index (χ2n) is 15.3. The fraction of sp³-hybridized carbons (Fsp3) is 0.0182. The number of halogens is 1. The van der Waals surface area contributed by atoms with Crippen molar-refractivity contribution in [3.8, 4) is 44.5 Å². The molecule has 9 aromatic carbocycles. The fourth-order valence-corrected chi connectivity index (χ4v) is 10.1. The van der Waals surface area contributed by atoms with Gasteiger partial charge in [-0.3, -0.25) is 0 Å². The molecule has 2 aliphatic carbocycles. The maximum Gasteiger partial charge on any atom is 0.136 e. The van der Waals surface area contributed by atoms with E-state index in [9.17, 15) is 0 Å². The van der Waals surface area contributed by atoms with Gasteiger partial charge in [0.15, 0.2) is 0 Å². The third-order valence-corrected chi connectivity index (χ3v) is 12.7. The van der Waals surface area contributed by atoms with Crippen LogP contribution >= 0.6 is 11.6 Å². The van der Waals surface area contributed by atoms with E-state index in [0.29, 0.717) is 5.02 Å². The topological polar surface area (TPSA) is 16.4 Å². The van der Waals surface area contributed by atoms with Crippen molar-refractivity contribution in [2.75, 3.05) is 4.90 Å². The Kier molecular flexibility index (Phi) is 7.23. The second kappa shape index (κ2) is 12.7. The van der Waals surface area contributed by atoms with Gasteiger partial charge in [-0.15, -0.1) is 0 Å². The summed E-state index contributed by atoms with van der Waals surface area (Å²) in [4.78, 5) is 2.32. The van der Waals surface area contributed by atoms with Crippen LogP contribution in [-0.2, 0) is 5.41 Å². The van der Waals surface area contributed by atoms with E-state index >= 15 is 0 Å². The first-order chi connectivity index (χ1) is 28.7. The van der Waals surface area contributed by atoms with E-state index in [-0.39, 0.29) is 0 Å². The van der Waals surface area contributed by atoms with Gasteiger partial charge in [0.25, 0.3) is 0 Å². The monoisotopic (exact) mass is 759 g/mol. The zero-order valence-corrected chi connectivity index (χ0v) is 32.1. The van der Waals surface area contributed by atoms with E-state index < -0.39 is 5.41 Å². The molecular formula is C55H34ClNO. The third-order valence-electron chi connectivity index (χ3n) is 12.4. The molecular weight excluding hydrogens is 726 g/mol. The van der Waals surface area contributed by atoms with Crippen LogP contribution in [0.3, 0.4) is 0 Å². The molecule has 2 aliphatic rings. The molecule has 0 unspecified atom stereocenters. The first-order valence-electron chi connectivity index (χ1n) is 19.8. The Morgan fingerprint density at radius 3 is 1.64 bits per heavy atom. The lowest BCUT2D eigenvalue weighted by atomic mass is 9.70. The molecule has 0 amide bonds. The van der Waals surface area contributed by atoms with E-state index in [0.717, 1.165) is 55.7 Å². The first-order valence-corrected chi connectivity index (χ1v) is 20.2. The van der Waals surface area contributed by atoms with Crippen molar-refractivity contribution in [2.45, 2.75) is 5.41 Å². The SMILES string of the molecule is Clc1cc2c(cc1N(c1ccc(-c3ccccc3)cc1)c1cccc(-c3ccc4c(c3)oc3ccccc34)c1)C1(c3ccccc3-c3ccccc31)c1ccccc1-2. The molecule has 1 heterocycles. The summed E-state index contributed by atoms with van der Waals surface area (Å²) < 4.78 is 6.33.